The van der Waals surface area contributed by atoms with Crippen LogP contribution in [-0.4, -0.2) is 50.2 Å². The normalized spacial score (nSPS) is 12.4. The SMILES string of the molecule is CCOCCN(CC)CC(F)(F)CN. The minimum absolute atomic E-state index is 0.285. The van der Waals surface area contributed by atoms with Gasteiger partial charge in [0.2, 0.25) is 0 Å². The summed E-state index contributed by atoms with van der Waals surface area (Å²) < 4.78 is 30.9. The van der Waals surface area contributed by atoms with Crippen LogP contribution < -0.4 is 5.73 Å². The van der Waals surface area contributed by atoms with Crippen LogP contribution in [0.3, 0.4) is 0 Å². The third-order valence-corrected chi connectivity index (χ3v) is 1.96. The van der Waals surface area contributed by atoms with Gasteiger partial charge in [-0.3, -0.25) is 4.90 Å². The molecule has 0 unspecified atom stereocenters. The van der Waals surface area contributed by atoms with Crippen LogP contribution in [0.25, 0.3) is 0 Å². The monoisotopic (exact) mass is 210 g/mol. The highest BCUT2D eigenvalue weighted by Gasteiger charge is 2.28. The molecule has 0 aromatic carbocycles. The number of alkyl halides is 2. The molecule has 5 heteroatoms. The van der Waals surface area contributed by atoms with Gasteiger partial charge >= 0.3 is 0 Å². The van der Waals surface area contributed by atoms with E-state index in [0.29, 0.717) is 26.3 Å². The molecule has 0 spiro atoms. The third kappa shape index (κ3) is 6.23. The molecule has 3 nitrogen and oxygen atoms in total. The summed E-state index contributed by atoms with van der Waals surface area (Å²) in [5, 5.41) is 0. The summed E-state index contributed by atoms with van der Waals surface area (Å²) in [7, 11) is 0. The van der Waals surface area contributed by atoms with Gasteiger partial charge in [-0.15, -0.1) is 0 Å². The molecule has 0 atom stereocenters. The molecule has 0 bridgehead atoms. The van der Waals surface area contributed by atoms with Crippen LogP contribution in [0, 0.1) is 0 Å². The molecule has 0 aromatic heterocycles. The van der Waals surface area contributed by atoms with E-state index in [-0.39, 0.29) is 6.54 Å². The van der Waals surface area contributed by atoms with Crippen molar-refractivity contribution >= 4 is 0 Å². The molecule has 0 amide bonds. The molecule has 0 aliphatic heterocycles. The zero-order chi connectivity index (χ0) is 11.0. The van der Waals surface area contributed by atoms with E-state index >= 15 is 0 Å². The Balaban J connectivity index is 3.78. The quantitative estimate of drug-likeness (QED) is 0.606. The molecule has 0 fully saturated rings. The topological polar surface area (TPSA) is 38.5 Å². The molecular weight excluding hydrogens is 190 g/mol. The maximum absolute atomic E-state index is 12.9. The van der Waals surface area contributed by atoms with Crippen molar-refractivity contribution in [1.82, 2.24) is 4.90 Å². The van der Waals surface area contributed by atoms with Gasteiger partial charge in [0.25, 0.3) is 5.92 Å². The van der Waals surface area contributed by atoms with Crippen molar-refractivity contribution in [2.45, 2.75) is 19.8 Å². The van der Waals surface area contributed by atoms with Crippen LogP contribution in [0.2, 0.25) is 0 Å². The van der Waals surface area contributed by atoms with Crippen molar-refractivity contribution in [2.75, 3.05) is 39.4 Å². The van der Waals surface area contributed by atoms with Crippen molar-refractivity contribution in [3.05, 3.63) is 0 Å². The zero-order valence-corrected chi connectivity index (χ0v) is 8.93. The predicted molar refractivity (Wildman–Crippen MR) is 52.6 cm³/mol. The largest absolute Gasteiger partial charge is 0.380 e. The van der Waals surface area contributed by atoms with Crippen molar-refractivity contribution in [3.8, 4) is 0 Å². The lowest BCUT2D eigenvalue weighted by Gasteiger charge is -2.25. The maximum Gasteiger partial charge on any atom is 0.272 e. The molecule has 0 heterocycles. The fourth-order valence-electron chi connectivity index (χ4n) is 1.08. The van der Waals surface area contributed by atoms with Crippen LogP contribution in [-0.2, 0) is 4.74 Å². The van der Waals surface area contributed by atoms with Gasteiger partial charge in [0.05, 0.1) is 19.7 Å². The minimum atomic E-state index is -2.79. The second-order valence-electron chi connectivity index (χ2n) is 3.13. The van der Waals surface area contributed by atoms with Gasteiger partial charge < -0.3 is 10.5 Å². The molecule has 14 heavy (non-hydrogen) atoms. The van der Waals surface area contributed by atoms with E-state index < -0.39 is 12.5 Å². The average Bonchev–Trinajstić information content (AvgIpc) is 2.16. The molecule has 0 rings (SSSR count). The minimum Gasteiger partial charge on any atom is -0.380 e. The lowest BCUT2D eigenvalue weighted by atomic mass is 10.3. The Morgan fingerprint density at radius 1 is 1.36 bits per heavy atom. The second kappa shape index (κ2) is 7.09. The molecule has 0 saturated carbocycles. The molecule has 0 aromatic rings. The fraction of sp³-hybridized carbons (Fsp3) is 1.00. The second-order valence-corrected chi connectivity index (χ2v) is 3.13. The van der Waals surface area contributed by atoms with Crippen molar-refractivity contribution in [1.29, 1.82) is 0 Å². The zero-order valence-electron chi connectivity index (χ0n) is 8.93. The van der Waals surface area contributed by atoms with Crippen LogP contribution in [0.5, 0.6) is 0 Å². The number of likely N-dealkylation sites (N-methyl/N-ethyl adjacent to an activating group) is 1. The Morgan fingerprint density at radius 3 is 2.43 bits per heavy atom. The summed E-state index contributed by atoms with van der Waals surface area (Å²) in [5.41, 5.74) is 4.96. The van der Waals surface area contributed by atoms with Crippen LogP contribution in [0.15, 0.2) is 0 Å². The highest BCUT2D eigenvalue weighted by molar-refractivity contribution is 4.72. The van der Waals surface area contributed by atoms with E-state index in [0.717, 1.165) is 0 Å². The van der Waals surface area contributed by atoms with Gasteiger partial charge in [0.1, 0.15) is 0 Å². The molecule has 86 valence electrons. The van der Waals surface area contributed by atoms with Gasteiger partial charge in [-0.2, -0.15) is 0 Å². The van der Waals surface area contributed by atoms with Gasteiger partial charge in [-0.1, -0.05) is 6.92 Å². The van der Waals surface area contributed by atoms with E-state index in [4.69, 9.17) is 10.5 Å². The number of halogens is 2. The first-order chi connectivity index (χ1) is 6.55. The lowest BCUT2D eigenvalue weighted by molar-refractivity contribution is -0.0276. The van der Waals surface area contributed by atoms with Gasteiger partial charge in [0, 0.05) is 13.2 Å². The first-order valence-corrected chi connectivity index (χ1v) is 4.93. The number of hydrogen-bond acceptors (Lipinski definition) is 3. The molecule has 0 saturated heterocycles. The van der Waals surface area contributed by atoms with E-state index in [1.54, 1.807) is 4.90 Å². The van der Waals surface area contributed by atoms with Crippen molar-refractivity contribution in [2.24, 2.45) is 5.73 Å². The summed E-state index contributed by atoms with van der Waals surface area (Å²) in [5.74, 6) is -2.79. The summed E-state index contributed by atoms with van der Waals surface area (Å²) in [6.07, 6.45) is 0. The molecule has 0 aliphatic rings. The van der Waals surface area contributed by atoms with Crippen LogP contribution in [0.4, 0.5) is 8.78 Å². The van der Waals surface area contributed by atoms with Crippen molar-refractivity contribution in [3.63, 3.8) is 0 Å². The fourth-order valence-corrected chi connectivity index (χ4v) is 1.08. The Labute approximate surface area is 84.2 Å². The summed E-state index contributed by atoms with van der Waals surface area (Å²) in [4.78, 5) is 1.64. The van der Waals surface area contributed by atoms with E-state index in [1.807, 2.05) is 13.8 Å². The number of rotatable bonds is 8. The molecule has 0 radical (unpaired) electrons. The molecule has 0 aliphatic carbocycles. The van der Waals surface area contributed by atoms with Crippen LogP contribution >= 0.6 is 0 Å². The highest BCUT2D eigenvalue weighted by Crippen LogP contribution is 2.12. The average molecular weight is 210 g/mol. The number of nitrogens with zero attached hydrogens (tertiary/aromatic N) is 1. The third-order valence-electron chi connectivity index (χ3n) is 1.96. The number of hydrogen-bond donors (Lipinski definition) is 1. The van der Waals surface area contributed by atoms with Crippen LogP contribution in [0.1, 0.15) is 13.8 Å². The predicted octanol–water partition coefficient (Wildman–Crippen LogP) is 0.939. The Hall–Kier alpha value is -0.260. The first kappa shape index (κ1) is 13.7. The molecule has 2 N–H and O–H groups in total. The van der Waals surface area contributed by atoms with E-state index in [9.17, 15) is 8.78 Å². The lowest BCUT2D eigenvalue weighted by Crippen LogP contribution is -2.43. The summed E-state index contributed by atoms with van der Waals surface area (Å²) in [6.45, 7) is 5.06. The molecular formula is C9H20F2N2O. The standard InChI is InChI=1S/C9H20F2N2O/c1-3-13(5-6-14-4-2)8-9(10,11)7-12/h3-8,12H2,1-2H3. The van der Waals surface area contributed by atoms with E-state index in [1.165, 1.54) is 0 Å². The Kier molecular flexibility index (Phi) is 6.96. The Morgan fingerprint density at radius 2 is 2.00 bits per heavy atom. The van der Waals surface area contributed by atoms with E-state index in [2.05, 4.69) is 0 Å². The number of nitrogens with two attached hydrogens (primary N) is 1. The number of ether oxygens (including phenoxy) is 1. The summed E-state index contributed by atoms with van der Waals surface area (Å²) in [6, 6.07) is 0. The Bertz CT molecular complexity index is 145. The summed E-state index contributed by atoms with van der Waals surface area (Å²) >= 11 is 0. The van der Waals surface area contributed by atoms with Gasteiger partial charge in [0.15, 0.2) is 0 Å². The van der Waals surface area contributed by atoms with Gasteiger partial charge in [-0.25, -0.2) is 8.78 Å². The highest BCUT2D eigenvalue weighted by atomic mass is 19.3. The first-order valence-electron chi connectivity index (χ1n) is 4.93. The maximum atomic E-state index is 12.9. The smallest absolute Gasteiger partial charge is 0.272 e. The van der Waals surface area contributed by atoms with Gasteiger partial charge in [-0.05, 0) is 13.5 Å². The van der Waals surface area contributed by atoms with Crippen molar-refractivity contribution < 1.29 is 13.5 Å².